The van der Waals surface area contributed by atoms with E-state index in [9.17, 15) is 9.59 Å². The molecular formula is C22H27ClN2O2. The van der Waals surface area contributed by atoms with E-state index in [2.05, 4.69) is 0 Å². The predicted molar refractivity (Wildman–Crippen MR) is 111 cm³/mol. The van der Waals surface area contributed by atoms with Crippen LogP contribution in [0.15, 0.2) is 48.5 Å². The van der Waals surface area contributed by atoms with Crippen molar-refractivity contribution in [1.82, 2.24) is 4.90 Å². The molecule has 5 heteroatoms. The Bertz CT molecular complexity index is 790. The smallest absolute Gasteiger partial charge is 0.224 e. The van der Waals surface area contributed by atoms with Gasteiger partial charge in [0.05, 0.1) is 0 Å². The number of rotatable bonds is 7. The van der Waals surface area contributed by atoms with E-state index in [1.165, 1.54) is 6.92 Å². The first kappa shape index (κ1) is 21.0. The van der Waals surface area contributed by atoms with Crippen LogP contribution in [0, 0.1) is 6.92 Å². The molecule has 2 amide bonds. The van der Waals surface area contributed by atoms with Gasteiger partial charge in [-0.25, -0.2) is 0 Å². The molecule has 0 aliphatic rings. The van der Waals surface area contributed by atoms with E-state index < -0.39 is 0 Å². The fourth-order valence-corrected chi connectivity index (χ4v) is 3.18. The Labute approximate surface area is 166 Å². The first-order valence-corrected chi connectivity index (χ1v) is 9.55. The average Bonchev–Trinajstić information content (AvgIpc) is 2.62. The number of hydrogen-bond donors (Lipinski definition) is 0. The fraction of sp³-hybridized carbons (Fsp3) is 0.364. The number of amides is 2. The first-order valence-electron chi connectivity index (χ1n) is 9.17. The molecule has 0 aliphatic heterocycles. The van der Waals surface area contributed by atoms with Crippen LogP contribution < -0.4 is 4.90 Å². The highest BCUT2D eigenvalue weighted by Gasteiger charge is 2.21. The largest absolute Gasteiger partial charge is 0.336 e. The maximum atomic E-state index is 12.9. The molecule has 0 heterocycles. The summed E-state index contributed by atoms with van der Waals surface area (Å²) in [7, 11) is 0. The number of nitrogens with zero attached hydrogens (tertiary/aromatic N) is 2. The SMILES string of the molecule is CC(=O)N(CCC(=O)N(Cc1ccccc1)C(C)C)c1cc(Cl)ccc1C. The Balaban J connectivity index is 2.11. The lowest BCUT2D eigenvalue weighted by atomic mass is 10.1. The van der Waals surface area contributed by atoms with Gasteiger partial charge in [-0.05, 0) is 44.0 Å². The molecule has 0 unspecified atom stereocenters. The molecule has 144 valence electrons. The first-order chi connectivity index (χ1) is 12.8. The molecule has 2 aromatic rings. The second kappa shape index (κ2) is 9.56. The topological polar surface area (TPSA) is 40.6 Å². The maximum absolute atomic E-state index is 12.9. The van der Waals surface area contributed by atoms with Gasteiger partial charge in [-0.15, -0.1) is 0 Å². The van der Waals surface area contributed by atoms with Crippen LogP contribution in [0.25, 0.3) is 0 Å². The minimum Gasteiger partial charge on any atom is -0.336 e. The average molecular weight is 387 g/mol. The van der Waals surface area contributed by atoms with Crippen molar-refractivity contribution >= 4 is 29.1 Å². The number of halogens is 1. The molecule has 2 rings (SSSR count). The van der Waals surface area contributed by atoms with Gasteiger partial charge in [-0.1, -0.05) is 48.0 Å². The van der Waals surface area contributed by atoms with Crippen LogP contribution in [-0.4, -0.2) is 29.3 Å². The van der Waals surface area contributed by atoms with Crippen molar-refractivity contribution in [3.8, 4) is 0 Å². The normalized spacial score (nSPS) is 10.7. The second-order valence-corrected chi connectivity index (χ2v) is 7.39. The summed E-state index contributed by atoms with van der Waals surface area (Å²) in [5.41, 5.74) is 2.79. The van der Waals surface area contributed by atoms with Crippen molar-refractivity contribution in [2.75, 3.05) is 11.4 Å². The Morgan fingerprint density at radius 3 is 2.33 bits per heavy atom. The zero-order valence-electron chi connectivity index (χ0n) is 16.4. The summed E-state index contributed by atoms with van der Waals surface area (Å²) in [5, 5.41) is 0.570. The van der Waals surface area contributed by atoms with E-state index in [1.807, 2.05) is 62.1 Å². The number of benzene rings is 2. The van der Waals surface area contributed by atoms with Gasteiger partial charge in [0.2, 0.25) is 11.8 Å². The van der Waals surface area contributed by atoms with Crippen molar-refractivity contribution in [2.45, 2.75) is 46.7 Å². The van der Waals surface area contributed by atoms with E-state index >= 15 is 0 Å². The molecule has 27 heavy (non-hydrogen) atoms. The predicted octanol–water partition coefficient (Wildman–Crippen LogP) is 4.83. The Hall–Kier alpha value is -2.33. The zero-order chi connectivity index (χ0) is 20.0. The molecule has 0 saturated heterocycles. The molecule has 0 spiro atoms. The lowest BCUT2D eigenvalue weighted by Gasteiger charge is -2.29. The Morgan fingerprint density at radius 1 is 1.07 bits per heavy atom. The molecule has 2 aromatic carbocycles. The van der Waals surface area contributed by atoms with Crippen molar-refractivity contribution in [1.29, 1.82) is 0 Å². The van der Waals surface area contributed by atoms with Crippen LogP contribution in [0.5, 0.6) is 0 Å². The molecule has 4 nitrogen and oxygen atoms in total. The highest BCUT2D eigenvalue weighted by atomic mass is 35.5. The van der Waals surface area contributed by atoms with Crippen LogP contribution >= 0.6 is 11.6 Å². The van der Waals surface area contributed by atoms with Gasteiger partial charge in [0.1, 0.15) is 0 Å². The van der Waals surface area contributed by atoms with Crippen LogP contribution in [0.3, 0.4) is 0 Å². The summed E-state index contributed by atoms with van der Waals surface area (Å²) in [4.78, 5) is 28.5. The number of aryl methyl sites for hydroxylation is 1. The summed E-state index contributed by atoms with van der Waals surface area (Å²) >= 11 is 6.10. The van der Waals surface area contributed by atoms with Crippen molar-refractivity contribution in [3.63, 3.8) is 0 Å². The molecule has 0 bridgehead atoms. The van der Waals surface area contributed by atoms with Gasteiger partial charge in [-0.3, -0.25) is 9.59 Å². The highest BCUT2D eigenvalue weighted by molar-refractivity contribution is 6.31. The van der Waals surface area contributed by atoms with E-state index in [4.69, 9.17) is 11.6 Å². The van der Waals surface area contributed by atoms with Gasteiger partial charge in [0.25, 0.3) is 0 Å². The second-order valence-electron chi connectivity index (χ2n) is 6.95. The minimum atomic E-state index is -0.104. The lowest BCUT2D eigenvalue weighted by molar-refractivity contribution is -0.133. The quantitative estimate of drug-likeness (QED) is 0.683. The number of carbonyl (C=O) groups excluding carboxylic acids is 2. The van der Waals surface area contributed by atoms with Gasteiger partial charge < -0.3 is 9.80 Å². The van der Waals surface area contributed by atoms with Crippen LogP contribution in [0.4, 0.5) is 5.69 Å². The molecule has 0 aliphatic carbocycles. The molecule has 0 radical (unpaired) electrons. The number of anilines is 1. The summed E-state index contributed by atoms with van der Waals surface area (Å²) < 4.78 is 0. The van der Waals surface area contributed by atoms with Gasteiger partial charge in [0, 0.05) is 43.2 Å². The lowest BCUT2D eigenvalue weighted by Crippen LogP contribution is -2.39. The monoisotopic (exact) mass is 386 g/mol. The van der Waals surface area contributed by atoms with Crippen LogP contribution in [-0.2, 0) is 16.1 Å². The van der Waals surface area contributed by atoms with Crippen molar-refractivity contribution in [3.05, 3.63) is 64.7 Å². The summed E-state index contributed by atoms with van der Waals surface area (Å²) in [6.45, 7) is 8.34. The van der Waals surface area contributed by atoms with E-state index in [0.29, 0.717) is 18.1 Å². The Kier molecular flexibility index (Phi) is 7.43. The Morgan fingerprint density at radius 2 is 1.74 bits per heavy atom. The molecule has 0 fully saturated rings. The standard InChI is InChI=1S/C22H27ClN2O2/c1-16(2)25(15-19-8-6-5-7-9-19)22(27)12-13-24(18(4)26)21-14-20(23)11-10-17(21)3/h5-11,14,16H,12-13,15H2,1-4H3. The van der Waals surface area contributed by atoms with E-state index in [0.717, 1.165) is 16.8 Å². The van der Waals surface area contributed by atoms with Crippen molar-refractivity contribution in [2.24, 2.45) is 0 Å². The molecule has 0 saturated carbocycles. The molecular weight excluding hydrogens is 360 g/mol. The summed E-state index contributed by atoms with van der Waals surface area (Å²) in [6.07, 6.45) is 0.260. The molecule has 0 N–H and O–H groups in total. The number of carbonyl (C=O) groups is 2. The van der Waals surface area contributed by atoms with Gasteiger partial charge in [0.15, 0.2) is 0 Å². The third-order valence-corrected chi connectivity index (χ3v) is 4.77. The van der Waals surface area contributed by atoms with E-state index in [1.54, 1.807) is 17.0 Å². The van der Waals surface area contributed by atoms with Crippen LogP contribution in [0.1, 0.15) is 38.3 Å². The summed E-state index contributed by atoms with van der Waals surface area (Å²) in [5.74, 6) is -0.0768. The third-order valence-electron chi connectivity index (χ3n) is 4.53. The van der Waals surface area contributed by atoms with Gasteiger partial charge in [-0.2, -0.15) is 0 Å². The maximum Gasteiger partial charge on any atom is 0.224 e. The minimum absolute atomic E-state index is 0.0276. The van der Waals surface area contributed by atoms with Gasteiger partial charge >= 0.3 is 0 Å². The molecule has 0 aromatic heterocycles. The molecule has 0 atom stereocenters. The fourth-order valence-electron chi connectivity index (χ4n) is 3.01. The zero-order valence-corrected chi connectivity index (χ0v) is 17.2. The van der Waals surface area contributed by atoms with Crippen LogP contribution in [0.2, 0.25) is 5.02 Å². The van der Waals surface area contributed by atoms with Crippen molar-refractivity contribution < 1.29 is 9.59 Å². The third kappa shape index (κ3) is 5.83. The summed E-state index contributed by atoms with van der Waals surface area (Å²) in [6, 6.07) is 15.5. The number of hydrogen-bond acceptors (Lipinski definition) is 2. The van der Waals surface area contributed by atoms with E-state index in [-0.39, 0.29) is 24.3 Å². The highest BCUT2D eigenvalue weighted by Crippen LogP contribution is 2.25.